The molecule has 48 heavy (non-hydrogen) atoms. The van der Waals surface area contributed by atoms with Gasteiger partial charge in [0.2, 0.25) is 0 Å². The molecule has 0 saturated heterocycles. The Morgan fingerprint density at radius 3 is 1.73 bits per heavy atom. The van der Waals surface area contributed by atoms with Gasteiger partial charge in [-0.1, -0.05) is 153 Å². The maximum atomic E-state index is 4.13. The zero-order chi connectivity index (χ0) is 36.6. The fourth-order valence-corrected chi connectivity index (χ4v) is 7.90. The topological polar surface area (TPSA) is 12.0 Å². The Morgan fingerprint density at radius 2 is 1.38 bits per heavy atom. The average Bonchev–Trinajstić information content (AvgIpc) is 3.93. The largest absolute Gasteiger partial charge is 0.382 e. The first-order chi connectivity index (χ1) is 22.6. The van der Waals surface area contributed by atoms with Crippen LogP contribution in [0.2, 0.25) is 0 Å². The van der Waals surface area contributed by atoms with Gasteiger partial charge in [-0.3, -0.25) is 0 Å². The smallest absolute Gasteiger partial charge is 0.0493 e. The summed E-state index contributed by atoms with van der Waals surface area (Å²) in [5, 5.41) is 3.49. The second-order valence-electron chi connectivity index (χ2n) is 16.1. The van der Waals surface area contributed by atoms with Crippen LogP contribution in [-0.2, 0) is 0 Å². The lowest BCUT2D eigenvalue weighted by atomic mass is 9.90. The van der Waals surface area contributed by atoms with Crippen molar-refractivity contribution in [3.05, 3.63) is 110 Å². The third kappa shape index (κ3) is 14.5. The first kappa shape index (κ1) is 43.5. The minimum absolute atomic E-state index is 0.389. The van der Waals surface area contributed by atoms with Gasteiger partial charge in [-0.2, -0.15) is 0 Å². The van der Waals surface area contributed by atoms with Gasteiger partial charge >= 0.3 is 0 Å². The quantitative estimate of drug-likeness (QED) is 0.129. The number of hydrogen-bond acceptors (Lipinski definition) is 1. The number of fused-ring (bicyclic) bond motifs is 1. The van der Waals surface area contributed by atoms with Crippen LogP contribution in [0, 0.1) is 52.8 Å². The fourth-order valence-electron chi connectivity index (χ4n) is 7.90. The molecule has 0 heterocycles. The summed E-state index contributed by atoms with van der Waals surface area (Å²) in [4.78, 5) is 0. The summed E-state index contributed by atoms with van der Waals surface area (Å²) >= 11 is 0. The fraction of sp³-hybridized carbons (Fsp3) is 0.617. The Balaban J connectivity index is 0.000000339. The lowest BCUT2D eigenvalue weighted by Gasteiger charge is -2.26. The van der Waals surface area contributed by atoms with Crippen LogP contribution in [0.4, 0.5) is 0 Å². The zero-order valence-corrected chi connectivity index (χ0v) is 33.2. The van der Waals surface area contributed by atoms with Crippen LogP contribution in [0.3, 0.4) is 0 Å². The van der Waals surface area contributed by atoms with Crippen LogP contribution < -0.4 is 5.32 Å². The molecular formula is C47H77N. The molecule has 4 aliphatic carbocycles. The summed E-state index contributed by atoms with van der Waals surface area (Å²) in [5.74, 6) is 6.35. The maximum absolute atomic E-state index is 4.13. The number of hydrogen-bond donors (Lipinski definition) is 1. The third-order valence-corrected chi connectivity index (χ3v) is 11.6. The van der Waals surface area contributed by atoms with Crippen LogP contribution in [-0.4, -0.2) is 6.04 Å². The lowest BCUT2D eigenvalue weighted by molar-refractivity contribution is 0.415. The predicted molar refractivity (Wildman–Crippen MR) is 219 cm³/mol. The van der Waals surface area contributed by atoms with Crippen molar-refractivity contribution in [2.24, 2.45) is 52.8 Å². The molecule has 1 nitrogen and oxygen atoms in total. The molecule has 4 rings (SSSR count). The molecular weight excluding hydrogens is 579 g/mol. The van der Waals surface area contributed by atoms with Gasteiger partial charge < -0.3 is 5.32 Å². The van der Waals surface area contributed by atoms with Gasteiger partial charge in [-0.25, -0.2) is 0 Å². The molecule has 270 valence electrons. The van der Waals surface area contributed by atoms with Crippen LogP contribution in [0.15, 0.2) is 110 Å². The molecule has 3 fully saturated rings. The molecule has 0 spiro atoms. The van der Waals surface area contributed by atoms with E-state index >= 15 is 0 Å². The minimum atomic E-state index is 0.389. The average molecular weight is 656 g/mol. The van der Waals surface area contributed by atoms with E-state index in [2.05, 4.69) is 131 Å². The van der Waals surface area contributed by atoms with E-state index in [-0.39, 0.29) is 0 Å². The van der Waals surface area contributed by atoms with Gasteiger partial charge in [0.25, 0.3) is 0 Å². The van der Waals surface area contributed by atoms with E-state index < -0.39 is 0 Å². The van der Waals surface area contributed by atoms with Gasteiger partial charge in [0.15, 0.2) is 0 Å². The van der Waals surface area contributed by atoms with E-state index in [9.17, 15) is 0 Å². The molecule has 3 saturated carbocycles. The predicted octanol–water partition coefficient (Wildman–Crippen LogP) is 14.2. The zero-order valence-electron chi connectivity index (χ0n) is 33.2. The van der Waals surface area contributed by atoms with E-state index in [0.717, 1.165) is 61.0 Å². The SMILES string of the molecule is C=C(C)C(C)C1C(CC)C1(C)C.C=C(C)NC(C(=C)C)C1CC2C=CC=CC2C1.C=CCCC(=C)C(=C)C(C)CCC=C.CCC1CC1. The molecule has 0 aliphatic heterocycles. The molecule has 1 heteroatoms. The van der Waals surface area contributed by atoms with Crippen molar-refractivity contribution < 1.29 is 0 Å². The van der Waals surface area contributed by atoms with Crippen molar-refractivity contribution in [2.75, 3.05) is 0 Å². The molecule has 0 aromatic carbocycles. The van der Waals surface area contributed by atoms with Crippen molar-refractivity contribution in [2.45, 2.75) is 133 Å². The molecule has 0 amide bonds. The van der Waals surface area contributed by atoms with Crippen molar-refractivity contribution in [3.63, 3.8) is 0 Å². The lowest BCUT2D eigenvalue weighted by Crippen LogP contribution is -2.34. The molecule has 4 aliphatic rings. The first-order valence-electron chi connectivity index (χ1n) is 19.2. The summed E-state index contributed by atoms with van der Waals surface area (Å²) in [7, 11) is 0. The van der Waals surface area contributed by atoms with Gasteiger partial charge in [0, 0.05) is 11.7 Å². The Labute approximate surface area is 300 Å². The van der Waals surface area contributed by atoms with E-state index in [1.807, 2.05) is 19.1 Å². The summed E-state index contributed by atoms with van der Waals surface area (Å²) in [5.41, 5.74) is 6.55. The summed E-state index contributed by atoms with van der Waals surface area (Å²) in [6, 6.07) is 0.389. The summed E-state index contributed by atoms with van der Waals surface area (Å²) in [6.45, 7) is 47.9. The second kappa shape index (κ2) is 21.5. The van der Waals surface area contributed by atoms with Crippen molar-refractivity contribution in [1.29, 1.82) is 0 Å². The monoisotopic (exact) mass is 656 g/mol. The van der Waals surface area contributed by atoms with Crippen LogP contribution in [0.25, 0.3) is 0 Å². The Hall–Kier alpha value is -2.54. The highest BCUT2D eigenvalue weighted by molar-refractivity contribution is 5.27. The summed E-state index contributed by atoms with van der Waals surface area (Å²) < 4.78 is 0. The Bertz CT molecular complexity index is 1120. The molecule has 1 N–H and O–H groups in total. The summed E-state index contributed by atoms with van der Waals surface area (Å²) in [6.07, 6.45) is 25.4. The molecule has 0 aromatic heterocycles. The van der Waals surface area contributed by atoms with Gasteiger partial charge in [-0.05, 0) is 118 Å². The Morgan fingerprint density at radius 1 is 0.833 bits per heavy atom. The first-order valence-corrected chi connectivity index (χ1v) is 19.2. The van der Waals surface area contributed by atoms with Gasteiger partial charge in [0.05, 0.1) is 0 Å². The van der Waals surface area contributed by atoms with E-state index in [0.29, 0.717) is 29.2 Å². The minimum Gasteiger partial charge on any atom is -0.382 e. The normalized spacial score (nSPS) is 25.8. The number of allylic oxidation sites excluding steroid dienone is 10. The molecule has 7 unspecified atom stereocenters. The van der Waals surface area contributed by atoms with E-state index in [4.69, 9.17) is 0 Å². The van der Waals surface area contributed by atoms with Crippen molar-refractivity contribution in [3.8, 4) is 0 Å². The van der Waals surface area contributed by atoms with E-state index in [1.165, 1.54) is 60.8 Å². The molecule has 0 aromatic rings. The Kier molecular flexibility index (Phi) is 19.5. The number of rotatable bonds is 16. The van der Waals surface area contributed by atoms with Gasteiger partial charge in [-0.15, -0.1) is 13.2 Å². The highest BCUT2D eigenvalue weighted by Crippen LogP contribution is 2.64. The highest BCUT2D eigenvalue weighted by atomic mass is 14.9. The standard InChI is InChI=1S/C16H23N.C14H22.C12H22.C5H10/c1-11(2)16(17-12(3)4)15-9-13-7-5-6-8-14(13)10-15;1-6-8-10-12(3)14(5)13(4)11-9-7-2;1-7-10-11(12(10,5)6)9(4)8(2)3;1-2-5-3-4-5/h5-8,13-17H,1,3,9-10H2,2,4H3;6-7,13H,1-3,5,8-11H2,4H3;9-11H,2,7H2,1,3-6H3;5H,2-4H2,1H3. The van der Waals surface area contributed by atoms with Crippen LogP contribution >= 0.6 is 0 Å². The number of nitrogens with one attached hydrogen (secondary N) is 1. The van der Waals surface area contributed by atoms with Gasteiger partial charge in [0.1, 0.15) is 0 Å². The highest BCUT2D eigenvalue weighted by Gasteiger charge is 2.58. The second-order valence-corrected chi connectivity index (χ2v) is 16.1. The van der Waals surface area contributed by atoms with Crippen LogP contribution in [0.1, 0.15) is 127 Å². The van der Waals surface area contributed by atoms with Crippen LogP contribution in [0.5, 0.6) is 0 Å². The molecule has 7 atom stereocenters. The van der Waals surface area contributed by atoms with E-state index in [1.54, 1.807) is 0 Å². The maximum Gasteiger partial charge on any atom is 0.0493 e. The molecule has 0 radical (unpaired) electrons. The van der Waals surface area contributed by atoms with Crippen molar-refractivity contribution in [1.82, 2.24) is 5.32 Å². The molecule has 0 bridgehead atoms. The van der Waals surface area contributed by atoms with Crippen molar-refractivity contribution >= 4 is 0 Å². The third-order valence-electron chi connectivity index (χ3n) is 11.6.